The number of rotatable bonds is 49. The molecule has 0 aliphatic carbocycles. The Kier molecular flexibility index (Phi) is 46.4. The molecular weight excluding hydrogens is 837 g/mol. The molecule has 0 radical (unpaired) electrons. The highest BCUT2D eigenvalue weighted by Gasteiger charge is 2.19. The molecule has 0 aromatic heterocycles. The molecule has 12 heteroatoms. The van der Waals surface area contributed by atoms with Crippen LogP contribution in [0.25, 0.3) is 0 Å². The predicted octanol–water partition coefficient (Wildman–Crippen LogP) is 13.5. The molecule has 1 unspecified atom stereocenters. The Bertz CT molecular complexity index is 1130. The Morgan fingerprint density at radius 3 is 1.23 bits per heavy atom. The summed E-state index contributed by atoms with van der Waals surface area (Å²) in [5.41, 5.74) is 0. The van der Waals surface area contributed by atoms with E-state index in [0.717, 1.165) is 77.3 Å². The van der Waals surface area contributed by atoms with Gasteiger partial charge in [0, 0.05) is 38.8 Å². The van der Waals surface area contributed by atoms with E-state index in [9.17, 15) is 24.0 Å². The zero-order valence-corrected chi connectivity index (χ0v) is 43.4. The zero-order chi connectivity index (χ0) is 48.6. The average Bonchev–Trinajstić information content (AvgIpc) is 3.31. The average molecular weight is 939 g/mol. The summed E-state index contributed by atoms with van der Waals surface area (Å²) in [5.74, 6) is -1.52. The predicted molar refractivity (Wildman–Crippen MR) is 267 cm³/mol. The summed E-state index contributed by atoms with van der Waals surface area (Å²) in [5, 5.41) is 2.76. The molecule has 0 spiro atoms. The second kappa shape index (κ2) is 48.6. The van der Waals surface area contributed by atoms with Gasteiger partial charge in [-0.25, -0.2) is 4.79 Å². The fourth-order valence-electron chi connectivity index (χ4n) is 7.90. The summed E-state index contributed by atoms with van der Waals surface area (Å²) in [6.45, 7) is 14.1. The first-order valence-corrected chi connectivity index (χ1v) is 27.5. The summed E-state index contributed by atoms with van der Waals surface area (Å²) in [4.78, 5) is 64.9. The second-order valence-electron chi connectivity index (χ2n) is 18.5. The molecular formula is C54H102N2O10. The fraction of sp³-hybridized carbons (Fsp3) is 0.907. The van der Waals surface area contributed by atoms with Crippen molar-refractivity contribution in [2.75, 3.05) is 52.6 Å². The van der Waals surface area contributed by atoms with Crippen molar-refractivity contribution in [2.24, 2.45) is 5.92 Å². The Morgan fingerprint density at radius 1 is 0.409 bits per heavy atom. The van der Waals surface area contributed by atoms with Crippen LogP contribution in [0.3, 0.4) is 0 Å². The molecule has 0 aliphatic heterocycles. The van der Waals surface area contributed by atoms with E-state index in [2.05, 4.69) is 44.8 Å². The highest BCUT2D eigenvalue weighted by atomic mass is 16.6. The lowest BCUT2D eigenvalue weighted by Gasteiger charge is -2.19. The van der Waals surface area contributed by atoms with Crippen molar-refractivity contribution in [3.63, 3.8) is 0 Å². The highest BCUT2D eigenvalue weighted by molar-refractivity contribution is 5.70. The van der Waals surface area contributed by atoms with Crippen LogP contribution in [0.15, 0.2) is 0 Å². The van der Waals surface area contributed by atoms with E-state index in [1.54, 1.807) is 0 Å². The quantitative estimate of drug-likeness (QED) is 0.0353. The number of esters is 4. The Hall–Kier alpha value is -2.89. The lowest BCUT2D eigenvalue weighted by atomic mass is 10.0. The first kappa shape index (κ1) is 63.1. The largest absolute Gasteiger partial charge is 0.466 e. The van der Waals surface area contributed by atoms with Crippen LogP contribution in [0.5, 0.6) is 0 Å². The molecule has 0 saturated carbocycles. The molecule has 12 nitrogen and oxygen atoms in total. The van der Waals surface area contributed by atoms with Crippen LogP contribution in [0.2, 0.25) is 0 Å². The number of ether oxygens (including phenoxy) is 5. The minimum Gasteiger partial charge on any atom is -0.466 e. The van der Waals surface area contributed by atoms with Gasteiger partial charge in [-0.05, 0) is 70.9 Å². The number of amides is 1. The summed E-state index contributed by atoms with van der Waals surface area (Å²) >= 11 is 0. The van der Waals surface area contributed by atoms with Crippen molar-refractivity contribution in [3.05, 3.63) is 0 Å². The van der Waals surface area contributed by atoms with Gasteiger partial charge < -0.3 is 33.9 Å². The van der Waals surface area contributed by atoms with E-state index in [1.807, 2.05) is 0 Å². The molecule has 0 aromatic rings. The van der Waals surface area contributed by atoms with Crippen LogP contribution in [0, 0.1) is 5.92 Å². The van der Waals surface area contributed by atoms with Gasteiger partial charge >= 0.3 is 30.0 Å². The number of alkyl carbamates (subject to hydrolysis) is 1. The van der Waals surface area contributed by atoms with E-state index in [4.69, 9.17) is 23.7 Å². The highest BCUT2D eigenvalue weighted by Crippen LogP contribution is 2.19. The van der Waals surface area contributed by atoms with E-state index in [1.165, 1.54) is 103 Å². The summed E-state index contributed by atoms with van der Waals surface area (Å²) in [7, 11) is 0. The summed E-state index contributed by atoms with van der Waals surface area (Å²) < 4.78 is 27.9. The van der Waals surface area contributed by atoms with Crippen molar-refractivity contribution < 1.29 is 47.7 Å². The van der Waals surface area contributed by atoms with Crippen molar-refractivity contribution in [3.8, 4) is 0 Å². The van der Waals surface area contributed by atoms with Gasteiger partial charge in [0.1, 0.15) is 25.9 Å². The first-order chi connectivity index (χ1) is 32.2. The molecule has 66 heavy (non-hydrogen) atoms. The van der Waals surface area contributed by atoms with Gasteiger partial charge in [0.15, 0.2) is 0 Å². The van der Waals surface area contributed by atoms with Crippen LogP contribution >= 0.6 is 0 Å². The topological polar surface area (TPSA) is 147 Å². The Morgan fingerprint density at radius 2 is 0.773 bits per heavy atom. The minimum atomic E-state index is -0.573. The minimum absolute atomic E-state index is 0.00599. The van der Waals surface area contributed by atoms with Crippen molar-refractivity contribution >= 4 is 30.0 Å². The number of likely N-dealkylation sites (N-methyl/N-ethyl adjacent to an activating group) is 1. The monoisotopic (exact) mass is 939 g/mol. The summed E-state index contributed by atoms with van der Waals surface area (Å²) in [6.07, 6.45) is 32.9. The van der Waals surface area contributed by atoms with Crippen LogP contribution < -0.4 is 5.32 Å². The van der Waals surface area contributed by atoms with E-state index >= 15 is 0 Å². The molecule has 0 fully saturated rings. The molecule has 0 saturated heterocycles. The lowest BCUT2D eigenvalue weighted by molar-refractivity contribution is -0.151. The number of carbonyl (C=O) groups is 5. The van der Waals surface area contributed by atoms with Crippen LogP contribution in [-0.2, 0) is 42.9 Å². The molecule has 0 aromatic carbocycles. The molecule has 1 N–H and O–H groups in total. The third kappa shape index (κ3) is 43.7. The maximum Gasteiger partial charge on any atom is 0.407 e. The van der Waals surface area contributed by atoms with E-state index in [0.29, 0.717) is 58.2 Å². The Balaban J connectivity index is 4.62. The molecule has 0 rings (SSSR count). The van der Waals surface area contributed by atoms with Gasteiger partial charge in [0.2, 0.25) is 0 Å². The number of unbranched alkanes of at least 4 members (excludes halogenated alkanes) is 23. The van der Waals surface area contributed by atoms with E-state index < -0.39 is 12.0 Å². The van der Waals surface area contributed by atoms with Crippen molar-refractivity contribution in [2.45, 2.75) is 259 Å². The van der Waals surface area contributed by atoms with Crippen LogP contribution in [-0.4, -0.2) is 93.6 Å². The van der Waals surface area contributed by atoms with Gasteiger partial charge in [-0.15, -0.1) is 0 Å². The SMILES string of the molecule is CCCCCCCCCCOC(=O)CCCCCCCC(=O)OCC(COC(=O)CCCCCC(=O)OC(CCCCCCCC)CCCCCCCC)COC(=O)NCCN(CC)CC. The number of carbonyl (C=O) groups excluding carboxylic acids is 5. The third-order valence-corrected chi connectivity index (χ3v) is 12.3. The maximum absolute atomic E-state index is 12.8. The maximum atomic E-state index is 12.8. The van der Waals surface area contributed by atoms with Gasteiger partial charge in [0.25, 0.3) is 0 Å². The van der Waals surface area contributed by atoms with Crippen molar-refractivity contribution in [1.29, 1.82) is 0 Å². The first-order valence-electron chi connectivity index (χ1n) is 27.5. The molecule has 388 valence electrons. The van der Waals surface area contributed by atoms with Gasteiger partial charge in [-0.1, -0.05) is 169 Å². The molecule has 0 heterocycles. The summed E-state index contributed by atoms with van der Waals surface area (Å²) in [6, 6.07) is 0. The van der Waals surface area contributed by atoms with Crippen LogP contribution in [0.1, 0.15) is 253 Å². The molecule has 1 amide bonds. The molecule has 1 atom stereocenters. The lowest BCUT2D eigenvalue weighted by Crippen LogP contribution is -2.36. The smallest absolute Gasteiger partial charge is 0.407 e. The number of hydrogen-bond donors (Lipinski definition) is 1. The fourth-order valence-corrected chi connectivity index (χ4v) is 7.90. The van der Waals surface area contributed by atoms with Gasteiger partial charge in [-0.3, -0.25) is 19.2 Å². The number of nitrogens with zero attached hydrogens (tertiary/aromatic N) is 1. The van der Waals surface area contributed by atoms with Gasteiger partial charge in [-0.2, -0.15) is 0 Å². The zero-order valence-electron chi connectivity index (χ0n) is 43.4. The normalized spacial score (nSPS) is 11.7. The van der Waals surface area contributed by atoms with Crippen LogP contribution in [0.4, 0.5) is 4.79 Å². The third-order valence-electron chi connectivity index (χ3n) is 12.3. The number of nitrogens with one attached hydrogen (secondary N) is 1. The van der Waals surface area contributed by atoms with E-state index in [-0.39, 0.29) is 62.6 Å². The van der Waals surface area contributed by atoms with Crippen molar-refractivity contribution in [1.82, 2.24) is 10.2 Å². The molecule has 0 aliphatic rings. The van der Waals surface area contributed by atoms with Gasteiger partial charge in [0.05, 0.1) is 12.5 Å². The Labute approximate surface area is 404 Å². The molecule has 0 bridgehead atoms. The standard InChI is InChI=1S/C54H102N2O10/c1-6-11-14-17-20-21-27-35-44-62-50(57)38-31-25-22-26-32-39-51(58)63-45-48(47-65-54(61)55-42-43-56(9-4)10-5)46-64-52(59)40-33-28-34-41-53(60)66-49(36-29-23-18-15-12-7-2)37-30-24-19-16-13-8-3/h48-49H,6-47H2,1-5H3,(H,55,61). The second-order valence-corrected chi connectivity index (χ2v) is 18.5. The number of hydrogen-bond acceptors (Lipinski definition) is 11.